The number of aliphatic carboxylic acids is 1. The number of amides is 1. The van der Waals surface area contributed by atoms with Crippen LogP contribution in [0.3, 0.4) is 0 Å². The molecule has 1 amide bonds. The van der Waals surface area contributed by atoms with E-state index in [-0.39, 0.29) is 13.0 Å². The number of hydrogen-bond acceptors (Lipinski definition) is 6. The van der Waals surface area contributed by atoms with E-state index in [4.69, 9.17) is 26.0 Å². The molecule has 0 spiro atoms. The van der Waals surface area contributed by atoms with Crippen LogP contribution in [0, 0.1) is 6.92 Å². The number of carbonyl (C=O) groups excluding carboxylic acids is 1. The number of halogens is 1. The van der Waals surface area contributed by atoms with Crippen molar-refractivity contribution in [2.75, 3.05) is 11.5 Å². The van der Waals surface area contributed by atoms with E-state index < -0.39 is 12.1 Å². The summed E-state index contributed by atoms with van der Waals surface area (Å²) in [6.45, 7) is 3.64. The van der Waals surface area contributed by atoms with Crippen molar-refractivity contribution in [2.45, 2.75) is 20.3 Å². The molecule has 8 nitrogen and oxygen atoms in total. The molecule has 0 aliphatic rings. The van der Waals surface area contributed by atoms with E-state index in [1.165, 1.54) is 11.1 Å². The van der Waals surface area contributed by atoms with Gasteiger partial charge >= 0.3 is 12.1 Å². The largest absolute Gasteiger partial charge is 0.481 e. The zero-order valence-corrected chi connectivity index (χ0v) is 19.8. The summed E-state index contributed by atoms with van der Waals surface area (Å²) in [4.78, 5) is 29.5. The summed E-state index contributed by atoms with van der Waals surface area (Å²) < 4.78 is 10.9. The van der Waals surface area contributed by atoms with Crippen molar-refractivity contribution in [1.82, 2.24) is 10.1 Å². The van der Waals surface area contributed by atoms with Crippen molar-refractivity contribution in [3.8, 4) is 22.5 Å². The summed E-state index contributed by atoms with van der Waals surface area (Å²) in [5.41, 5.74) is 4.28. The fourth-order valence-corrected chi connectivity index (χ4v) is 3.90. The lowest BCUT2D eigenvalue weighted by atomic mass is 10.0. The second-order valence-electron chi connectivity index (χ2n) is 7.66. The number of carboxylic acid groups (broad SMARTS) is 1. The van der Waals surface area contributed by atoms with E-state index in [9.17, 15) is 9.59 Å². The molecule has 0 radical (unpaired) electrons. The number of ether oxygens (including phenoxy) is 1. The molecular formula is C26H22ClN3O5. The van der Waals surface area contributed by atoms with Crippen molar-refractivity contribution in [3.63, 3.8) is 0 Å². The predicted molar refractivity (Wildman–Crippen MR) is 132 cm³/mol. The third kappa shape index (κ3) is 5.17. The highest BCUT2D eigenvalue weighted by Gasteiger charge is 2.30. The Kier molecular flexibility index (Phi) is 7.12. The molecule has 2 aromatic carbocycles. The Balaban J connectivity index is 1.74. The van der Waals surface area contributed by atoms with Gasteiger partial charge in [-0.1, -0.05) is 53.2 Å². The molecule has 0 fully saturated rings. The number of nitrogens with zero attached hydrogens (tertiary/aromatic N) is 3. The maximum Gasteiger partial charge on any atom is 0.419 e. The van der Waals surface area contributed by atoms with Gasteiger partial charge in [0.25, 0.3) is 0 Å². The van der Waals surface area contributed by atoms with E-state index in [2.05, 4.69) is 10.1 Å². The number of anilines is 2. The molecule has 2 aromatic heterocycles. The molecule has 35 heavy (non-hydrogen) atoms. The molecule has 0 unspecified atom stereocenters. The maximum absolute atomic E-state index is 13.0. The lowest BCUT2D eigenvalue weighted by Crippen LogP contribution is -2.27. The van der Waals surface area contributed by atoms with Crippen molar-refractivity contribution < 1.29 is 24.0 Å². The SMILES string of the molecule is CCOC(=O)N(c1ccccc1Cl)c1c(C)noc1-c1ccc(-c2cncc(CC(=O)O)c2)cc1. The molecule has 2 heterocycles. The quantitative estimate of drug-likeness (QED) is 0.324. The van der Waals surface area contributed by atoms with Gasteiger partial charge in [-0.25, -0.2) is 9.69 Å². The topological polar surface area (TPSA) is 106 Å². The molecule has 0 aliphatic heterocycles. The summed E-state index contributed by atoms with van der Waals surface area (Å²) in [7, 11) is 0. The number of para-hydroxylation sites is 1. The van der Waals surface area contributed by atoms with E-state index in [0.29, 0.717) is 39.0 Å². The second kappa shape index (κ2) is 10.4. The summed E-state index contributed by atoms with van der Waals surface area (Å²) in [6.07, 6.45) is 2.50. The average molecular weight is 492 g/mol. The van der Waals surface area contributed by atoms with Crippen LogP contribution in [0.25, 0.3) is 22.5 Å². The molecule has 0 atom stereocenters. The zero-order chi connectivity index (χ0) is 24.9. The third-order valence-electron chi connectivity index (χ3n) is 5.23. The van der Waals surface area contributed by atoms with Crippen LogP contribution in [0.4, 0.5) is 16.2 Å². The first-order valence-electron chi connectivity index (χ1n) is 10.8. The molecule has 0 aliphatic carbocycles. The monoisotopic (exact) mass is 491 g/mol. The minimum atomic E-state index is -0.919. The Morgan fingerprint density at radius 1 is 1.06 bits per heavy atom. The number of carbonyl (C=O) groups is 2. The number of carboxylic acids is 1. The Morgan fingerprint density at radius 3 is 2.46 bits per heavy atom. The molecule has 0 saturated heterocycles. The van der Waals surface area contributed by atoms with Crippen LogP contribution in [-0.2, 0) is 16.0 Å². The highest BCUT2D eigenvalue weighted by atomic mass is 35.5. The summed E-state index contributed by atoms with van der Waals surface area (Å²) in [6, 6.07) is 16.1. The predicted octanol–water partition coefficient (Wildman–Crippen LogP) is 6.29. The van der Waals surface area contributed by atoms with Gasteiger partial charge in [0, 0.05) is 23.5 Å². The van der Waals surface area contributed by atoms with E-state index >= 15 is 0 Å². The van der Waals surface area contributed by atoms with Crippen LogP contribution in [0.1, 0.15) is 18.2 Å². The van der Waals surface area contributed by atoms with Gasteiger partial charge in [-0.2, -0.15) is 0 Å². The third-order valence-corrected chi connectivity index (χ3v) is 5.55. The summed E-state index contributed by atoms with van der Waals surface area (Å²) in [5, 5.41) is 13.5. The van der Waals surface area contributed by atoms with Gasteiger partial charge in [0.15, 0.2) is 5.76 Å². The number of hydrogen-bond donors (Lipinski definition) is 1. The van der Waals surface area contributed by atoms with Crippen molar-refractivity contribution in [2.24, 2.45) is 0 Å². The Bertz CT molecular complexity index is 1370. The fraction of sp³-hybridized carbons (Fsp3) is 0.154. The van der Waals surface area contributed by atoms with Gasteiger partial charge < -0.3 is 14.4 Å². The molecule has 0 bridgehead atoms. The number of benzene rings is 2. The first-order valence-corrected chi connectivity index (χ1v) is 11.2. The molecule has 9 heteroatoms. The molecule has 0 saturated carbocycles. The minimum Gasteiger partial charge on any atom is -0.481 e. The van der Waals surface area contributed by atoms with Crippen LogP contribution >= 0.6 is 11.6 Å². The first-order chi connectivity index (χ1) is 16.9. The van der Waals surface area contributed by atoms with Crippen LogP contribution in [0.2, 0.25) is 5.02 Å². The lowest BCUT2D eigenvalue weighted by molar-refractivity contribution is -0.136. The van der Waals surface area contributed by atoms with Crippen LogP contribution in [-0.4, -0.2) is 33.9 Å². The lowest BCUT2D eigenvalue weighted by Gasteiger charge is -2.23. The van der Waals surface area contributed by atoms with Gasteiger partial charge in [-0.05, 0) is 43.2 Å². The molecule has 4 aromatic rings. The summed E-state index contributed by atoms with van der Waals surface area (Å²) >= 11 is 6.42. The van der Waals surface area contributed by atoms with Gasteiger partial charge in [-0.3, -0.25) is 9.78 Å². The number of rotatable bonds is 7. The van der Waals surface area contributed by atoms with E-state index in [0.717, 1.165) is 11.1 Å². The molecular weight excluding hydrogens is 470 g/mol. The molecule has 178 valence electrons. The average Bonchev–Trinajstić information content (AvgIpc) is 3.21. The summed E-state index contributed by atoms with van der Waals surface area (Å²) in [5.74, 6) is -0.544. The van der Waals surface area contributed by atoms with Crippen molar-refractivity contribution in [3.05, 3.63) is 83.3 Å². The number of aryl methyl sites for hydroxylation is 1. The maximum atomic E-state index is 13.0. The van der Waals surface area contributed by atoms with Crippen LogP contribution < -0.4 is 4.90 Å². The van der Waals surface area contributed by atoms with Crippen LogP contribution in [0.15, 0.2) is 71.5 Å². The molecule has 1 N–H and O–H groups in total. The van der Waals surface area contributed by atoms with Gasteiger partial charge in [-0.15, -0.1) is 0 Å². The van der Waals surface area contributed by atoms with Crippen LogP contribution in [0.5, 0.6) is 0 Å². The Morgan fingerprint density at radius 2 is 1.77 bits per heavy atom. The first kappa shape index (κ1) is 24.0. The minimum absolute atomic E-state index is 0.106. The molecule has 4 rings (SSSR count). The van der Waals surface area contributed by atoms with Gasteiger partial charge in [0.2, 0.25) is 0 Å². The smallest absolute Gasteiger partial charge is 0.419 e. The van der Waals surface area contributed by atoms with Crippen molar-refractivity contribution >= 4 is 35.0 Å². The highest BCUT2D eigenvalue weighted by Crippen LogP contribution is 2.41. The fourth-order valence-electron chi connectivity index (χ4n) is 3.68. The highest BCUT2D eigenvalue weighted by molar-refractivity contribution is 6.34. The normalized spacial score (nSPS) is 10.7. The number of pyridine rings is 1. The standard InChI is InChI=1S/C26H22ClN3O5/c1-3-34-26(33)30(22-7-5-4-6-21(22)27)24-16(2)29-35-25(24)19-10-8-18(9-11-19)20-12-17(13-23(31)32)14-28-15-20/h4-12,14-15H,3,13H2,1-2H3,(H,31,32). The van der Waals surface area contributed by atoms with Crippen molar-refractivity contribution in [1.29, 1.82) is 0 Å². The van der Waals surface area contributed by atoms with Gasteiger partial charge in [0.05, 0.1) is 23.7 Å². The second-order valence-corrected chi connectivity index (χ2v) is 8.07. The van der Waals surface area contributed by atoms with E-state index in [1.54, 1.807) is 50.4 Å². The van der Waals surface area contributed by atoms with Gasteiger partial charge in [0.1, 0.15) is 11.4 Å². The van der Waals surface area contributed by atoms with E-state index in [1.807, 2.05) is 24.3 Å². The Hall–Kier alpha value is -4.17. The number of aromatic nitrogens is 2. The Labute approximate surface area is 206 Å². The zero-order valence-electron chi connectivity index (χ0n) is 19.1.